The minimum Gasteiger partial charge on any atom is -0.508 e. The minimum absolute atomic E-state index is 0.189. The summed E-state index contributed by atoms with van der Waals surface area (Å²) in [4.78, 5) is 1.17. The van der Waals surface area contributed by atoms with Crippen molar-refractivity contribution in [3.63, 3.8) is 0 Å². The van der Waals surface area contributed by atoms with Gasteiger partial charge in [-0.05, 0) is 29.6 Å². The van der Waals surface area contributed by atoms with Gasteiger partial charge in [0, 0.05) is 16.9 Å². The molecular weight excluding hydrogens is 196 g/mol. The van der Waals surface area contributed by atoms with Crippen molar-refractivity contribution in [1.29, 1.82) is 0 Å². The Morgan fingerprint density at radius 1 is 1.14 bits per heavy atom. The van der Waals surface area contributed by atoms with Crippen molar-refractivity contribution in [1.82, 2.24) is 0 Å². The first-order valence-electron chi connectivity index (χ1n) is 4.29. The number of benzene rings is 1. The zero-order valence-electron chi connectivity index (χ0n) is 7.47. The van der Waals surface area contributed by atoms with Crippen LogP contribution in [-0.4, -0.2) is 10.2 Å². The summed E-state index contributed by atoms with van der Waals surface area (Å²) in [5, 5.41) is 20.8. The molecule has 0 saturated carbocycles. The van der Waals surface area contributed by atoms with Gasteiger partial charge in [0.15, 0.2) is 0 Å². The highest BCUT2D eigenvalue weighted by Crippen LogP contribution is 2.25. The van der Waals surface area contributed by atoms with E-state index >= 15 is 0 Å². The number of phenolic OH excluding ortho intramolecular Hbond substituents is 2. The van der Waals surface area contributed by atoms with Crippen molar-refractivity contribution < 1.29 is 10.2 Å². The molecule has 1 aromatic heterocycles. The van der Waals surface area contributed by atoms with Gasteiger partial charge in [0.2, 0.25) is 0 Å². The van der Waals surface area contributed by atoms with Crippen LogP contribution in [0.2, 0.25) is 0 Å². The largest absolute Gasteiger partial charge is 0.508 e. The fourth-order valence-electron chi connectivity index (χ4n) is 1.31. The highest BCUT2D eigenvalue weighted by Gasteiger charge is 2.04. The van der Waals surface area contributed by atoms with Crippen LogP contribution in [-0.2, 0) is 6.42 Å². The summed E-state index contributed by atoms with van der Waals surface area (Å²) in [5.41, 5.74) is 0.757. The lowest BCUT2D eigenvalue weighted by Crippen LogP contribution is -1.85. The van der Waals surface area contributed by atoms with E-state index in [0.29, 0.717) is 6.42 Å². The molecule has 0 spiro atoms. The molecule has 0 aliphatic heterocycles. The van der Waals surface area contributed by atoms with E-state index in [-0.39, 0.29) is 11.5 Å². The van der Waals surface area contributed by atoms with Crippen LogP contribution in [0.15, 0.2) is 35.7 Å². The van der Waals surface area contributed by atoms with Gasteiger partial charge in [-0.3, -0.25) is 0 Å². The predicted octanol–water partition coefficient (Wildman–Crippen LogP) is 2.75. The van der Waals surface area contributed by atoms with Gasteiger partial charge in [-0.25, -0.2) is 0 Å². The van der Waals surface area contributed by atoms with E-state index < -0.39 is 0 Å². The highest BCUT2D eigenvalue weighted by molar-refractivity contribution is 7.09. The number of aromatic hydroxyl groups is 2. The molecule has 0 saturated heterocycles. The van der Waals surface area contributed by atoms with Crippen molar-refractivity contribution in [2.24, 2.45) is 0 Å². The van der Waals surface area contributed by atoms with Gasteiger partial charge >= 0.3 is 0 Å². The molecule has 0 aliphatic carbocycles. The molecule has 3 heteroatoms. The van der Waals surface area contributed by atoms with Crippen LogP contribution in [0.1, 0.15) is 10.4 Å². The van der Waals surface area contributed by atoms with Gasteiger partial charge in [-0.1, -0.05) is 6.07 Å². The van der Waals surface area contributed by atoms with E-state index in [1.807, 2.05) is 17.5 Å². The number of hydrogen-bond acceptors (Lipinski definition) is 3. The van der Waals surface area contributed by atoms with Crippen LogP contribution in [0.3, 0.4) is 0 Å². The molecule has 0 bridgehead atoms. The van der Waals surface area contributed by atoms with Crippen molar-refractivity contribution in [2.45, 2.75) is 6.42 Å². The Kier molecular flexibility index (Phi) is 2.41. The third kappa shape index (κ3) is 1.88. The van der Waals surface area contributed by atoms with Crippen molar-refractivity contribution in [3.8, 4) is 11.5 Å². The SMILES string of the molecule is Oc1ccc(O)c(Cc2cccs2)c1. The van der Waals surface area contributed by atoms with E-state index in [4.69, 9.17) is 0 Å². The Morgan fingerprint density at radius 2 is 2.00 bits per heavy atom. The third-order valence-corrected chi connectivity index (χ3v) is 2.88. The molecule has 2 aromatic rings. The van der Waals surface area contributed by atoms with Crippen LogP contribution in [0.25, 0.3) is 0 Å². The Labute approximate surface area is 86.1 Å². The van der Waals surface area contributed by atoms with Gasteiger partial charge < -0.3 is 10.2 Å². The fourth-order valence-corrected chi connectivity index (χ4v) is 2.04. The summed E-state index contributed by atoms with van der Waals surface area (Å²) >= 11 is 1.64. The summed E-state index contributed by atoms with van der Waals surface area (Å²) in [7, 11) is 0. The predicted molar refractivity (Wildman–Crippen MR) is 56.9 cm³/mol. The summed E-state index contributed by atoms with van der Waals surface area (Å²) in [6.45, 7) is 0. The first-order chi connectivity index (χ1) is 6.75. The summed E-state index contributed by atoms with van der Waals surface area (Å²) in [6.07, 6.45) is 0.665. The molecule has 1 heterocycles. The van der Waals surface area contributed by atoms with Gasteiger partial charge in [0.05, 0.1) is 0 Å². The normalized spacial score (nSPS) is 10.3. The lowest BCUT2D eigenvalue weighted by atomic mass is 10.1. The zero-order chi connectivity index (χ0) is 9.97. The maximum absolute atomic E-state index is 9.53. The topological polar surface area (TPSA) is 40.5 Å². The molecule has 2 rings (SSSR count). The maximum Gasteiger partial charge on any atom is 0.119 e. The Bertz CT molecular complexity index is 421. The molecule has 0 radical (unpaired) electrons. The van der Waals surface area contributed by atoms with E-state index in [2.05, 4.69) is 0 Å². The minimum atomic E-state index is 0.189. The average molecular weight is 206 g/mol. The standard InChI is InChI=1S/C11H10O2S/c12-9-3-4-11(13)8(6-9)7-10-2-1-5-14-10/h1-6,12-13H,7H2. The van der Waals surface area contributed by atoms with Gasteiger partial charge in [-0.15, -0.1) is 11.3 Å². The Morgan fingerprint density at radius 3 is 2.71 bits per heavy atom. The van der Waals surface area contributed by atoms with Crippen molar-refractivity contribution >= 4 is 11.3 Å². The van der Waals surface area contributed by atoms with Gasteiger partial charge in [0.1, 0.15) is 11.5 Å². The number of rotatable bonds is 2. The Balaban J connectivity index is 2.28. The number of phenols is 2. The molecule has 2 N–H and O–H groups in total. The van der Waals surface area contributed by atoms with Crippen LogP contribution < -0.4 is 0 Å². The summed E-state index contributed by atoms with van der Waals surface area (Å²) in [5.74, 6) is 0.422. The lowest BCUT2D eigenvalue weighted by molar-refractivity contribution is 0.455. The second-order valence-electron chi connectivity index (χ2n) is 3.07. The van der Waals surface area contributed by atoms with E-state index in [1.54, 1.807) is 17.4 Å². The average Bonchev–Trinajstić information content (AvgIpc) is 2.64. The van der Waals surface area contributed by atoms with Crippen LogP contribution in [0, 0.1) is 0 Å². The maximum atomic E-state index is 9.53. The monoisotopic (exact) mass is 206 g/mol. The van der Waals surface area contributed by atoms with E-state index in [9.17, 15) is 10.2 Å². The molecule has 1 aromatic carbocycles. The summed E-state index contributed by atoms with van der Waals surface area (Å²) in [6, 6.07) is 8.56. The fraction of sp³-hybridized carbons (Fsp3) is 0.0909. The molecule has 2 nitrogen and oxygen atoms in total. The van der Waals surface area contributed by atoms with Crippen LogP contribution in [0.5, 0.6) is 11.5 Å². The van der Waals surface area contributed by atoms with E-state index in [1.165, 1.54) is 17.0 Å². The molecule has 0 fully saturated rings. The summed E-state index contributed by atoms with van der Waals surface area (Å²) < 4.78 is 0. The molecule has 0 amide bonds. The van der Waals surface area contributed by atoms with Crippen LogP contribution >= 0.6 is 11.3 Å². The number of hydrogen-bond donors (Lipinski definition) is 2. The molecule has 14 heavy (non-hydrogen) atoms. The molecule has 0 atom stereocenters. The Hall–Kier alpha value is -1.48. The van der Waals surface area contributed by atoms with Crippen LogP contribution in [0.4, 0.5) is 0 Å². The first-order valence-corrected chi connectivity index (χ1v) is 5.17. The van der Waals surface area contributed by atoms with Gasteiger partial charge in [0.25, 0.3) is 0 Å². The highest BCUT2D eigenvalue weighted by atomic mass is 32.1. The second-order valence-corrected chi connectivity index (χ2v) is 4.10. The second kappa shape index (κ2) is 3.72. The molecule has 0 unspecified atom stereocenters. The molecular formula is C11H10O2S. The first kappa shape index (κ1) is 9.09. The van der Waals surface area contributed by atoms with Crippen molar-refractivity contribution in [2.75, 3.05) is 0 Å². The van der Waals surface area contributed by atoms with Gasteiger partial charge in [-0.2, -0.15) is 0 Å². The zero-order valence-corrected chi connectivity index (χ0v) is 8.29. The van der Waals surface area contributed by atoms with Crippen molar-refractivity contribution in [3.05, 3.63) is 46.2 Å². The van der Waals surface area contributed by atoms with E-state index in [0.717, 1.165) is 5.56 Å². The lowest BCUT2D eigenvalue weighted by Gasteiger charge is -2.03. The smallest absolute Gasteiger partial charge is 0.119 e. The quantitative estimate of drug-likeness (QED) is 0.742. The molecule has 72 valence electrons. The number of thiophene rings is 1. The molecule has 0 aliphatic rings. The third-order valence-electron chi connectivity index (χ3n) is 2.01.